The van der Waals surface area contributed by atoms with E-state index in [1.54, 1.807) is 24.1 Å². The lowest BCUT2D eigenvalue weighted by molar-refractivity contribution is 0.0300. The predicted molar refractivity (Wildman–Crippen MR) is 76.3 cm³/mol. The zero-order chi connectivity index (χ0) is 15.4. The topological polar surface area (TPSA) is 82.4 Å². The van der Waals surface area contributed by atoms with Crippen LogP contribution in [-0.4, -0.2) is 57.3 Å². The SMILES string of the molecule is Cn1nnnc1COc1ccccc1C(=O)N1CCOCC1. The van der Waals surface area contributed by atoms with Crippen LogP contribution in [0, 0.1) is 0 Å². The second kappa shape index (κ2) is 6.52. The van der Waals surface area contributed by atoms with Crippen LogP contribution < -0.4 is 4.74 Å². The van der Waals surface area contributed by atoms with Crippen molar-refractivity contribution in [3.8, 4) is 5.75 Å². The van der Waals surface area contributed by atoms with Crippen LogP contribution in [0.25, 0.3) is 0 Å². The van der Waals surface area contributed by atoms with E-state index in [1.165, 1.54) is 4.68 Å². The fraction of sp³-hybridized carbons (Fsp3) is 0.429. The maximum Gasteiger partial charge on any atom is 0.257 e. The van der Waals surface area contributed by atoms with Gasteiger partial charge < -0.3 is 14.4 Å². The van der Waals surface area contributed by atoms with Crippen LogP contribution in [-0.2, 0) is 18.4 Å². The van der Waals surface area contributed by atoms with E-state index in [9.17, 15) is 4.79 Å². The summed E-state index contributed by atoms with van der Waals surface area (Å²) in [6.45, 7) is 2.54. The monoisotopic (exact) mass is 303 g/mol. The average Bonchev–Trinajstić information content (AvgIpc) is 2.98. The second-order valence-electron chi connectivity index (χ2n) is 4.91. The van der Waals surface area contributed by atoms with Gasteiger partial charge in [-0.3, -0.25) is 4.79 Å². The molecule has 8 nitrogen and oxygen atoms in total. The van der Waals surface area contributed by atoms with E-state index in [4.69, 9.17) is 9.47 Å². The molecule has 1 aromatic carbocycles. The van der Waals surface area contributed by atoms with Gasteiger partial charge >= 0.3 is 0 Å². The van der Waals surface area contributed by atoms with Gasteiger partial charge in [0.1, 0.15) is 12.4 Å². The summed E-state index contributed by atoms with van der Waals surface area (Å²) in [5.41, 5.74) is 0.541. The molecule has 1 fully saturated rings. The lowest BCUT2D eigenvalue weighted by atomic mass is 10.1. The van der Waals surface area contributed by atoms with Gasteiger partial charge in [0.15, 0.2) is 5.82 Å². The van der Waals surface area contributed by atoms with Gasteiger partial charge in [-0.15, -0.1) is 5.10 Å². The quantitative estimate of drug-likeness (QED) is 0.806. The Morgan fingerprint density at radius 3 is 2.82 bits per heavy atom. The number of rotatable bonds is 4. The van der Waals surface area contributed by atoms with Gasteiger partial charge in [0.2, 0.25) is 0 Å². The number of tetrazole rings is 1. The minimum Gasteiger partial charge on any atom is -0.485 e. The molecule has 0 atom stereocenters. The third kappa shape index (κ3) is 3.06. The molecule has 0 N–H and O–H groups in total. The lowest BCUT2D eigenvalue weighted by Crippen LogP contribution is -2.40. The van der Waals surface area contributed by atoms with Gasteiger partial charge in [-0.1, -0.05) is 12.1 Å². The highest BCUT2D eigenvalue weighted by Crippen LogP contribution is 2.21. The summed E-state index contributed by atoms with van der Waals surface area (Å²) in [6.07, 6.45) is 0. The van der Waals surface area contributed by atoms with E-state index in [1.807, 2.05) is 12.1 Å². The molecule has 2 aromatic rings. The Morgan fingerprint density at radius 2 is 2.09 bits per heavy atom. The molecule has 8 heteroatoms. The Labute approximate surface area is 127 Å². The van der Waals surface area contributed by atoms with Crippen molar-refractivity contribution in [1.82, 2.24) is 25.1 Å². The number of hydrogen-bond acceptors (Lipinski definition) is 6. The third-order valence-corrected chi connectivity index (χ3v) is 3.48. The Kier molecular flexibility index (Phi) is 4.29. The first-order valence-corrected chi connectivity index (χ1v) is 7.06. The molecule has 116 valence electrons. The molecule has 3 rings (SSSR count). The van der Waals surface area contributed by atoms with E-state index in [-0.39, 0.29) is 12.5 Å². The van der Waals surface area contributed by atoms with Crippen molar-refractivity contribution >= 4 is 5.91 Å². The summed E-state index contributed by atoms with van der Waals surface area (Å²) < 4.78 is 12.5. The summed E-state index contributed by atoms with van der Waals surface area (Å²) in [5, 5.41) is 11.2. The smallest absolute Gasteiger partial charge is 0.257 e. The number of carbonyl (C=O) groups excluding carboxylic acids is 1. The van der Waals surface area contributed by atoms with Gasteiger partial charge in [0.05, 0.1) is 18.8 Å². The standard InChI is InChI=1S/C14H17N5O3/c1-18-13(15-16-17-18)10-22-12-5-3-2-4-11(12)14(20)19-6-8-21-9-7-19/h2-5H,6-10H2,1H3. The number of hydrogen-bond donors (Lipinski definition) is 0. The number of ether oxygens (including phenoxy) is 2. The molecule has 0 radical (unpaired) electrons. The number of aromatic nitrogens is 4. The molecule has 1 aliphatic heterocycles. The maximum absolute atomic E-state index is 12.6. The van der Waals surface area contributed by atoms with Crippen molar-refractivity contribution in [1.29, 1.82) is 0 Å². The summed E-state index contributed by atoms with van der Waals surface area (Å²) in [5.74, 6) is 1.07. The minimum atomic E-state index is -0.0463. The number of amides is 1. The lowest BCUT2D eigenvalue weighted by Gasteiger charge is -2.27. The Balaban J connectivity index is 1.74. The molecule has 1 amide bonds. The van der Waals surface area contributed by atoms with Crippen molar-refractivity contribution in [2.24, 2.45) is 7.05 Å². The van der Waals surface area contributed by atoms with Crippen molar-refractivity contribution in [2.45, 2.75) is 6.61 Å². The van der Waals surface area contributed by atoms with E-state index in [0.29, 0.717) is 43.4 Å². The van der Waals surface area contributed by atoms with Crippen molar-refractivity contribution in [3.05, 3.63) is 35.7 Å². The third-order valence-electron chi connectivity index (χ3n) is 3.48. The van der Waals surface area contributed by atoms with Crippen LogP contribution in [0.2, 0.25) is 0 Å². The molecule has 22 heavy (non-hydrogen) atoms. The average molecular weight is 303 g/mol. The normalized spacial score (nSPS) is 14.9. The molecule has 2 heterocycles. The fourth-order valence-electron chi connectivity index (χ4n) is 2.22. The van der Waals surface area contributed by atoms with Crippen molar-refractivity contribution in [3.63, 3.8) is 0 Å². The number of para-hydroxylation sites is 1. The minimum absolute atomic E-state index is 0.0463. The van der Waals surface area contributed by atoms with Crippen molar-refractivity contribution < 1.29 is 14.3 Å². The summed E-state index contributed by atoms with van der Waals surface area (Å²) >= 11 is 0. The van der Waals surface area contributed by atoms with Crippen LogP contribution in [0.4, 0.5) is 0 Å². The molecule has 1 aromatic heterocycles. The van der Waals surface area contributed by atoms with Crippen LogP contribution in [0.3, 0.4) is 0 Å². The molecule has 0 bridgehead atoms. The summed E-state index contributed by atoms with van der Waals surface area (Å²) in [7, 11) is 1.74. The van der Waals surface area contributed by atoms with Gasteiger partial charge in [-0.25, -0.2) is 4.68 Å². The second-order valence-corrected chi connectivity index (χ2v) is 4.91. The Morgan fingerprint density at radius 1 is 1.32 bits per heavy atom. The molecule has 1 aliphatic rings. The van der Waals surface area contributed by atoms with Gasteiger partial charge in [0, 0.05) is 20.1 Å². The highest BCUT2D eigenvalue weighted by molar-refractivity contribution is 5.97. The number of nitrogens with zero attached hydrogens (tertiary/aromatic N) is 5. The molecule has 0 unspecified atom stereocenters. The van der Waals surface area contributed by atoms with Crippen LogP contribution in [0.1, 0.15) is 16.2 Å². The molecular weight excluding hydrogens is 286 g/mol. The number of benzene rings is 1. The van der Waals surface area contributed by atoms with Crippen LogP contribution in [0.5, 0.6) is 5.75 Å². The van der Waals surface area contributed by atoms with Crippen LogP contribution >= 0.6 is 0 Å². The number of carbonyl (C=O) groups is 1. The summed E-state index contributed by atoms with van der Waals surface area (Å²) in [4.78, 5) is 14.4. The zero-order valence-corrected chi connectivity index (χ0v) is 12.3. The van der Waals surface area contributed by atoms with Crippen molar-refractivity contribution in [2.75, 3.05) is 26.3 Å². The maximum atomic E-state index is 12.6. The molecule has 0 saturated carbocycles. The zero-order valence-electron chi connectivity index (χ0n) is 12.3. The highest BCUT2D eigenvalue weighted by Gasteiger charge is 2.21. The Bertz CT molecular complexity index is 651. The first kappa shape index (κ1) is 14.5. The van der Waals surface area contributed by atoms with E-state index in [0.717, 1.165) is 0 Å². The number of morpholine rings is 1. The largest absolute Gasteiger partial charge is 0.485 e. The first-order chi connectivity index (χ1) is 10.8. The fourth-order valence-corrected chi connectivity index (χ4v) is 2.22. The van der Waals surface area contributed by atoms with Gasteiger partial charge in [0.25, 0.3) is 5.91 Å². The van der Waals surface area contributed by atoms with E-state index in [2.05, 4.69) is 15.5 Å². The van der Waals surface area contributed by atoms with Gasteiger partial charge in [-0.2, -0.15) is 0 Å². The molecule has 1 saturated heterocycles. The first-order valence-electron chi connectivity index (χ1n) is 7.06. The van der Waals surface area contributed by atoms with Crippen LogP contribution in [0.15, 0.2) is 24.3 Å². The molecular formula is C14H17N5O3. The molecule has 0 spiro atoms. The Hall–Kier alpha value is -2.48. The highest BCUT2D eigenvalue weighted by atomic mass is 16.5. The van der Waals surface area contributed by atoms with Gasteiger partial charge in [-0.05, 0) is 22.6 Å². The van der Waals surface area contributed by atoms with E-state index < -0.39 is 0 Å². The number of aryl methyl sites for hydroxylation is 1. The van der Waals surface area contributed by atoms with E-state index >= 15 is 0 Å². The predicted octanol–water partition coefficient (Wildman–Crippen LogP) is 0.261. The summed E-state index contributed by atoms with van der Waals surface area (Å²) in [6, 6.07) is 7.20. The molecule has 0 aliphatic carbocycles.